The largest absolute Gasteiger partial charge is 0.126 e. The van der Waals surface area contributed by atoms with Crippen LogP contribution in [0.3, 0.4) is 0 Å². The molecule has 0 aromatic rings. The monoisotopic (exact) mass is 228 g/mol. The van der Waals surface area contributed by atoms with E-state index in [4.69, 9.17) is 11.6 Å². The Bertz CT molecular complexity index is 188. The first-order valence-electron chi connectivity index (χ1n) is 5.03. The average Bonchev–Trinajstić information content (AvgIpc) is 2.14. The van der Waals surface area contributed by atoms with Gasteiger partial charge in [0.05, 0.1) is 0 Å². The van der Waals surface area contributed by atoms with Gasteiger partial charge in [-0.25, -0.2) is 0 Å². The van der Waals surface area contributed by atoms with E-state index in [1.54, 1.807) is 0 Å². The van der Waals surface area contributed by atoms with Gasteiger partial charge in [0.1, 0.15) is 0 Å². The quantitative estimate of drug-likeness (QED) is 0.340. The average molecular weight is 229 g/mol. The van der Waals surface area contributed by atoms with Crippen LogP contribution in [0.4, 0.5) is 0 Å². The Morgan fingerprint density at radius 2 is 1.64 bits per heavy atom. The molecule has 1 unspecified atom stereocenters. The second-order valence-corrected chi connectivity index (χ2v) is 6.32. The van der Waals surface area contributed by atoms with Gasteiger partial charge >= 0.3 is 0 Å². The van der Waals surface area contributed by atoms with Gasteiger partial charge in [0.15, 0.2) is 0 Å². The van der Waals surface area contributed by atoms with Gasteiger partial charge in [-0.15, -0.1) is 31.3 Å². The van der Waals surface area contributed by atoms with Crippen molar-refractivity contribution in [1.82, 2.24) is 0 Å². The summed E-state index contributed by atoms with van der Waals surface area (Å²) in [7, 11) is 1.12. The van der Waals surface area contributed by atoms with E-state index in [9.17, 15) is 0 Å². The SMILES string of the molecule is C=CCC(CCl)C([SiH3])(CC=C)CC=C. The number of halogens is 1. The molecule has 0 N–H and O–H groups in total. The molecule has 0 nitrogen and oxygen atoms in total. The predicted octanol–water partition coefficient (Wildman–Crippen LogP) is 3.09. The van der Waals surface area contributed by atoms with Crippen LogP contribution in [-0.4, -0.2) is 16.1 Å². The lowest BCUT2D eigenvalue weighted by molar-refractivity contribution is 0.395. The van der Waals surface area contributed by atoms with Crippen molar-refractivity contribution in [3.05, 3.63) is 38.0 Å². The molecule has 0 aliphatic heterocycles. The van der Waals surface area contributed by atoms with Gasteiger partial charge in [-0.3, -0.25) is 0 Å². The van der Waals surface area contributed by atoms with E-state index in [1.807, 2.05) is 18.2 Å². The molecule has 0 spiro atoms. The molecular weight excluding hydrogens is 208 g/mol. The van der Waals surface area contributed by atoms with Crippen molar-refractivity contribution < 1.29 is 0 Å². The number of allylic oxidation sites excluding steroid dienone is 3. The Balaban J connectivity index is 4.62. The molecule has 0 aromatic heterocycles. The molecule has 0 rings (SSSR count). The number of rotatable bonds is 8. The van der Waals surface area contributed by atoms with Crippen LogP contribution < -0.4 is 0 Å². The van der Waals surface area contributed by atoms with Gasteiger partial charge in [0, 0.05) is 16.1 Å². The fraction of sp³-hybridized carbons (Fsp3) is 0.500. The van der Waals surface area contributed by atoms with Gasteiger partial charge in [0.25, 0.3) is 0 Å². The summed E-state index contributed by atoms with van der Waals surface area (Å²) in [6.45, 7) is 11.4. The second-order valence-electron chi connectivity index (χ2n) is 4.02. The molecule has 14 heavy (non-hydrogen) atoms. The molecule has 80 valence electrons. The van der Waals surface area contributed by atoms with Gasteiger partial charge in [-0.1, -0.05) is 18.2 Å². The van der Waals surface area contributed by atoms with Crippen LogP contribution in [0.25, 0.3) is 0 Å². The molecule has 0 heterocycles. The van der Waals surface area contributed by atoms with Crippen LogP contribution in [-0.2, 0) is 0 Å². The maximum Gasteiger partial charge on any atom is 0.0257 e. The molecule has 0 aliphatic carbocycles. The third kappa shape index (κ3) is 3.85. The highest BCUT2D eigenvalue weighted by molar-refractivity contribution is 6.20. The zero-order valence-electron chi connectivity index (χ0n) is 9.14. The predicted molar refractivity (Wildman–Crippen MR) is 71.3 cm³/mol. The van der Waals surface area contributed by atoms with Crippen molar-refractivity contribution in [2.45, 2.75) is 24.3 Å². The minimum atomic E-state index is 0.319. The van der Waals surface area contributed by atoms with Crippen molar-refractivity contribution in [2.24, 2.45) is 5.92 Å². The molecule has 0 amide bonds. The van der Waals surface area contributed by atoms with Gasteiger partial charge in [-0.05, 0) is 30.2 Å². The zero-order chi connectivity index (χ0) is 11.0. The zero-order valence-corrected chi connectivity index (χ0v) is 11.9. The molecule has 1 atom stereocenters. The molecule has 0 aliphatic rings. The lowest BCUT2D eigenvalue weighted by Gasteiger charge is -2.35. The number of hydrogen-bond donors (Lipinski definition) is 0. The molecule has 0 radical (unpaired) electrons. The van der Waals surface area contributed by atoms with E-state index in [1.165, 1.54) is 0 Å². The summed E-state index contributed by atoms with van der Waals surface area (Å²) in [5, 5.41) is 0.319. The Kier molecular flexibility index (Phi) is 6.94. The highest BCUT2D eigenvalue weighted by Gasteiger charge is 2.30. The maximum absolute atomic E-state index is 6.01. The third-order valence-corrected chi connectivity index (χ3v) is 4.85. The van der Waals surface area contributed by atoms with Gasteiger partial charge in [-0.2, -0.15) is 0 Å². The molecule has 0 saturated heterocycles. The minimum Gasteiger partial charge on any atom is -0.126 e. The highest BCUT2D eigenvalue weighted by Crippen LogP contribution is 2.43. The Morgan fingerprint density at radius 1 is 1.14 bits per heavy atom. The van der Waals surface area contributed by atoms with Gasteiger partial charge < -0.3 is 0 Å². The molecular formula is C12H21ClSi. The van der Waals surface area contributed by atoms with Gasteiger partial charge in [0.2, 0.25) is 0 Å². The Morgan fingerprint density at radius 3 is 1.93 bits per heavy atom. The fourth-order valence-corrected chi connectivity index (χ4v) is 3.59. The number of alkyl halides is 1. The summed E-state index contributed by atoms with van der Waals surface area (Å²) in [5.74, 6) is 1.22. The van der Waals surface area contributed by atoms with E-state index < -0.39 is 0 Å². The first-order valence-corrected chi connectivity index (χ1v) is 6.56. The molecule has 0 bridgehead atoms. The smallest absolute Gasteiger partial charge is 0.0257 e. The summed E-state index contributed by atoms with van der Waals surface area (Å²) in [4.78, 5) is 0. The minimum absolute atomic E-state index is 0.319. The van der Waals surface area contributed by atoms with E-state index >= 15 is 0 Å². The fourth-order valence-electron chi connectivity index (χ4n) is 1.81. The summed E-state index contributed by atoms with van der Waals surface area (Å²) in [5.41, 5.74) is 0. The third-order valence-electron chi connectivity index (χ3n) is 2.84. The maximum atomic E-state index is 6.01. The molecule has 0 saturated carbocycles. The van der Waals surface area contributed by atoms with Crippen LogP contribution in [0.5, 0.6) is 0 Å². The van der Waals surface area contributed by atoms with Crippen LogP contribution >= 0.6 is 11.6 Å². The lowest BCUT2D eigenvalue weighted by Crippen LogP contribution is -2.24. The van der Waals surface area contributed by atoms with E-state index in [0.717, 1.165) is 29.5 Å². The van der Waals surface area contributed by atoms with E-state index in [2.05, 4.69) is 19.7 Å². The second kappa shape index (κ2) is 7.08. The standard InChI is InChI=1S/C12H21ClSi/c1-4-7-11(10-13)12(14,8-5-2)9-6-3/h4-6,11H,1-3,7-10H2,14H3. The van der Waals surface area contributed by atoms with Crippen LogP contribution in [0.1, 0.15) is 19.3 Å². The number of hydrogen-bond acceptors (Lipinski definition) is 0. The first kappa shape index (κ1) is 13.7. The summed E-state index contributed by atoms with van der Waals surface area (Å²) >= 11 is 6.01. The van der Waals surface area contributed by atoms with Crippen molar-refractivity contribution in [2.75, 3.05) is 5.88 Å². The lowest BCUT2D eigenvalue weighted by atomic mass is 9.84. The normalized spacial score (nSPS) is 13.5. The van der Waals surface area contributed by atoms with Crippen LogP contribution in [0.2, 0.25) is 5.04 Å². The Labute approximate surface area is 96.2 Å². The first-order chi connectivity index (χ1) is 6.64. The van der Waals surface area contributed by atoms with E-state index in [-0.39, 0.29) is 0 Å². The van der Waals surface area contributed by atoms with Crippen molar-refractivity contribution in [3.8, 4) is 0 Å². The summed E-state index contributed by atoms with van der Waals surface area (Å²) < 4.78 is 0. The Hall–Kier alpha value is -0.273. The van der Waals surface area contributed by atoms with Crippen LogP contribution in [0, 0.1) is 5.92 Å². The summed E-state index contributed by atoms with van der Waals surface area (Å²) in [6, 6.07) is 0. The highest BCUT2D eigenvalue weighted by atomic mass is 35.5. The van der Waals surface area contributed by atoms with Crippen molar-refractivity contribution in [1.29, 1.82) is 0 Å². The molecule has 0 fully saturated rings. The van der Waals surface area contributed by atoms with Crippen molar-refractivity contribution >= 4 is 21.8 Å². The van der Waals surface area contributed by atoms with Crippen LogP contribution in [0.15, 0.2) is 38.0 Å². The van der Waals surface area contributed by atoms with Crippen molar-refractivity contribution in [3.63, 3.8) is 0 Å². The topological polar surface area (TPSA) is 0 Å². The molecule has 0 aromatic carbocycles. The molecule has 2 heteroatoms. The van der Waals surface area contributed by atoms with E-state index in [0.29, 0.717) is 16.8 Å². The summed E-state index contributed by atoms with van der Waals surface area (Å²) in [6.07, 6.45) is 9.03.